The molecule has 3 aliphatic heterocycles. The van der Waals surface area contributed by atoms with Crippen LogP contribution in [0.1, 0.15) is 85.0 Å². The van der Waals surface area contributed by atoms with E-state index in [-0.39, 0.29) is 0 Å². The molecule has 3 saturated heterocycles. The third kappa shape index (κ3) is 9.42. The van der Waals surface area contributed by atoms with E-state index in [1.54, 1.807) is 0 Å². The van der Waals surface area contributed by atoms with Gasteiger partial charge in [0.15, 0.2) is 0 Å². The van der Waals surface area contributed by atoms with Crippen molar-refractivity contribution >= 4 is 8.80 Å². The molecular weight excluding hydrogens is 404 g/mol. The Bertz CT molecular complexity index is 450. The van der Waals surface area contributed by atoms with Gasteiger partial charge in [-0.05, 0) is 32.1 Å². The average Bonchev–Trinajstić information content (AvgIpc) is 2.71. The van der Waals surface area contributed by atoms with Crippen LogP contribution < -0.4 is 0 Å². The van der Waals surface area contributed by atoms with Crippen LogP contribution in [0.5, 0.6) is 0 Å². The minimum Gasteiger partial charge on any atom is -0.368 e. The van der Waals surface area contributed by atoms with E-state index in [1.807, 2.05) is 0 Å². The Kier molecular flexibility index (Phi) is 12.6. The standard InChI is InChI=1S/C25H54N2O3Si/c1-5-8-11-13-16-26(4,15-12-9-6-2)17-14-25-31-28-22-19-27(18-10-7-3,20-23-29-31)21-24-30-31/h5-25H2,1-4H3/q+2. The molecule has 1 atom stereocenters. The van der Waals surface area contributed by atoms with Crippen LogP contribution in [-0.4, -0.2) is 90.5 Å². The van der Waals surface area contributed by atoms with Gasteiger partial charge < -0.3 is 22.2 Å². The van der Waals surface area contributed by atoms with Crippen LogP contribution in [0, 0.1) is 0 Å². The Morgan fingerprint density at radius 3 is 1.68 bits per heavy atom. The normalized spacial score (nSPS) is 28.6. The maximum Gasteiger partial charge on any atom is 0.501 e. The summed E-state index contributed by atoms with van der Waals surface area (Å²) in [5, 5.41) is 0. The molecular formula is C25H54N2O3Si+2. The first-order valence-corrected chi connectivity index (χ1v) is 15.5. The first kappa shape index (κ1) is 27.3. The summed E-state index contributed by atoms with van der Waals surface area (Å²) in [7, 11) is -0.00801. The summed E-state index contributed by atoms with van der Waals surface area (Å²) < 4.78 is 21.7. The highest BCUT2D eigenvalue weighted by molar-refractivity contribution is 6.60. The zero-order valence-corrected chi connectivity index (χ0v) is 22.5. The van der Waals surface area contributed by atoms with Gasteiger partial charge in [-0.3, -0.25) is 0 Å². The fraction of sp³-hybridized carbons (Fsp3) is 1.00. The Morgan fingerprint density at radius 1 is 0.645 bits per heavy atom. The molecule has 5 nitrogen and oxygen atoms in total. The SMILES string of the molecule is CCCCCC[N+](C)(CCCCC)CCC[Si]12OCC[N+](CCCC)(CCO1)CCO2. The number of unbranched alkanes of at least 4 members (excludes halogenated alkanes) is 6. The lowest BCUT2D eigenvalue weighted by atomic mass is 10.1. The molecule has 0 aromatic carbocycles. The Morgan fingerprint density at radius 2 is 1.13 bits per heavy atom. The van der Waals surface area contributed by atoms with Gasteiger partial charge in [-0.1, -0.05) is 46.5 Å². The molecule has 3 fully saturated rings. The molecule has 0 radical (unpaired) electrons. The summed E-state index contributed by atoms with van der Waals surface area (Å²) >= 11 is 0. The van der Waals surface area contributed by atoms with Gasteiger partial charge >= 0.3 is 8.80 Å². The van der Waals surface area contributed by atoms with E-state index < -0.39 is 8.80 Å². The van der Waals surface area contributed by atoms with Gasteiger partial charge in [0.25, 0.3) is 0 Å². The van der Waals surface area contributed by atoms with Gasteiger partial charge in [0.1, 0.15) is 19.6 Å². The number of rotatable bonds is 16. The van der Waals surface area contributed by atoms with E-state index in [0.717, 1.165) is 50.0 Å². The van der Waals surface area contributed by atoms with E-state index >= 15 is 0 Å². The van der Waals surface area contributed by atoms with Crippen LogP contribution in [0.4, 0.5) is 0 Å². The van der Waals surface area contributed by atoms with Crippen LogP contribution in [0.3, 0.4) is 0 Å². The number of quaternary nitrogens is 2. The van der Waals surface area contributed by atoms with Gasteiger partial charge in [0.2, 0.25) is 0 Å². The number of nitrogens with zero attached hydrogens (tertiary/aromatic N) is 2. The quantitative estimate of drug-likeness (QED) is 0.180. The number of hydrogen-bond acceptors (Lipinski definition) is 3. The zero-order valence-electron chi connectivity index (χ0n) is 21.5. The molecule has 6 heteroatoms. The van der Waals surface area contributed by atoms with Crippen molar-refractivity contribution in [2.24, 2.45) is 0 Å². The second-order valence-corrected chi connectivity index (χ2v) is 13.2. The maximum absolute atomic E-state index is 6.44. The van der Waals surface area contributed by atoms with E-state index in [1.165, 1.54) is 94.9 Å². The predicted molar refractivity (Wildman–Crippen MR) is 132 cm³/mol. The van der Waals surface area contributed by atoms with Crippen molar-refractivity contribution in [1.29, 1.82) is 0 Å². The molecule has 2 bridgehead atoms. The Balaban J connectivity index is 1.87. The highest BCUT2D eigenvalue weighted by Crippen LogP contribution is 2.26. The molecule has 0 saturated carbocycles. The third-order valence-corrected chi connectivity index (χ3v) is 10.6. The molecule has 3 heterocycles. The highest BCUT2D eigenvalue weighted by Gasteiger charge is 2.47. The van der Waals surface area contributed by atoms with Crippen molar-refractivity contribution in [3.05, 3.63) is 0 Å². The monoisotopic (exact) mass is 458 g/mol. The minimum atomic E-state index is -2.49. The molecule has 184 valence electrons. The van der Waals surface area contributed by atoms with Gasteiger partial charge in [-0.15, -0.1) is 0 Å². The first-order chi connectivity index (χ1) is 15.0. The average molecular weight is 459 g/mol. The summed E-state index contributed by atoms with van der Waals surface area (Å²) in [6, 6.07) is 0.999. The first-order valence-electron chi connectivity index (χ1n) is 13.6. The van der Waals surface area contributed by atoms with Gasteiger partial charge in [-0.25, -0.2) is 0 Å². The van der Waals surface area contributed by atoms with Crippen LogP contribution in [0.15, 0.2) is 0 Å². The lowest BCUT2D eigenvalue weighted by Gasteiger charge is -2.45. The smallest absolute Gasteiger partial charge is 0.368 e. The molecule has 3 aliphatic rings. The van der Waals surface area contributed by atoms with E-state index in [2.05, 4.69) is 27.8 Å². The summed E-state index contributed by atoms with van der Waals surface area (Å²) in [6.07, 6.45) is 13.2. The molecule has 0 aromatic rings. The molecule has 0 N–H and O–H groups in total. The zero-order chi connectivity index (χ0) is 22.5. The Labute approximate surface area is 195 Å². The topological polar surface area (TPSA) is 27.7 Å². The van der Waals surface area contributed by atoms with Crippen molar-refractivity contribution < 1.29 is 22.2 Å². The molecule has 1 unspecified atom stereocenters. The van der Waals surface area contributed by atoms with Crippen molar-refractivity contribution in [1.82, 2.24) is 0 Å². The summed E-state index contributed by atoms with van der Waals surface area (Å²) in [6.45, 7) is 17.9. The van der Waals surface area contributed by atoms with Crippen LogP contribution in [0.2, 0.25) is 6.04 Å². The molecule has 0 amide bonds. The van der Waals surface area contributed by atoms with Crippen LogP contribution in [-0.2, 0) is 13.3 Å². The Hall–Kier alpha value is 0.0169. The number of fused-ring (bicyclic) bond motifs is 6. The largest absolute Gasteiger partial charge is 0.501 e. The second kappa shape index (κ2) is 14.3. The third-order valence-electron chi connectivity index (χ3n) is 7.68. The predicted octanol–water partition coefficient (Wildman–Crippen LogP) is 5.23. The second-order valence-electron chi connectivity index (χ2n) is 10.5. The van der Waals surface area contributed by atoms with Crippen molar-refractivity contribution in [2.75, 3.05) is 72.7 Å². The summed E-state index contributed by atoms with van der Waals surface area (Å²) in [5.41, 5.74) is 0. The van der Waals surface area contributed by atoms with E-state index in [4.69, 9.17) is 13.3 Å². The minimum absolute atomic E-state index is 0.815. The fourth-order valence-corrected chi connectivity index (χ4v) is 7.85. The lowest BCUT2D eigenvalue weighted by molar-refractivity contribution is -0.930. The van der Waals surface area contributed by atoms with Gasteiger partial charge in [0, 0.05) is 12.5 Å². The van der Waals surface area contributed by atoms with E-state index in [0.29, 0.717) is 0 Å². The van der Waals surface area contributed by atoms with Crippen LogP contribution >= 0.6 is 0 Å². The van der Waals surface area contributed by atoms with Crippen molar-refractivity contribution in [3.8, 4) is 0 Å². The molecule has 3 rings (SSSR count). The molecule has 0 aromatic heterocycles. The summed E-state index contributed by atoms with van der Waals surface area (Å²) in [4.78, 5) is 0. The van der Waals surface area contributed by atoms with Crippen LogP contribution in [0.25, 0.3) is 0 Å². The van der Waals surface area contributed by atoms with Gasteiger partial charge in [-0.2, -0.15) is 0 Å². The van der Waals surface area contributed by atoms with E-state index in [9.17, 15) is 0 Å². The lowest BCUT2D eigenvalue weighted by Crippen LogP contribution is -2.63. The number of hydrogen-bond donors (Lipinski definition) is 0. The highest BCUT2D eigenvalue weighted by atomic mass is 28.4. The fourth-order valence-electron chi connectivity index (χ4n) is 5.37. The van der Waals surface area contributed by atoms with Crippen molar-refractivity contribution in [2.45, 2.75) is 91.0 Å². The van der Waals surface area contributed by atoms with Gasteiger partial charge in [0.05, 0.1) is 53.0 Å². The summed E-state index contributed by atoms with van der Waals surface area (Å²) in [5.74, 6) is 0. The maximum atomic E-state index is 6.44. The molecule has 31 heavy (non-hydrogen) atoms. The molecule has 0 spiro atoms. The van der Waals surface area contributed by atoms with Crippen molar-refractivity contribution in [3.63, 3.8) is 0 Å². The molecule has 0 aliphatic carbocycles.